The lowest BCUT2D eigenvalue weighted by atomic mass is 10.1. The van der Waals surface area contributed by atoms with E-state index in [0.29, 0.717) is 0 Å². The predicted molar refractivity (Wildman–Crippen MR) is 75.2 cm³/mol. The van der Waals surface area contributed by atoms with Gasteiger partial charge in [0.15, 0.2) is 0 Å². The first-order chi connectivity index (χ1) is 8.36. The maximum atomic E-state index is 10.6. The van der Waals surface area contributed by atoms with E-state index < -0.39 is 0 Å². The van der Waals surface area contributed by atoms with E-state index in [1.165, 1.54) is 35.5 Å². The number of thioether (sulfide) groups is 1. The molecule has 1 nitrogen and oxygen atoms in total. The van der Waals surface area contributed by atoms with E-state index in [1.807, 2.05) is 18.2 Å². The fraction of sp³-hybridized carbons (Fsp3) is 0.400. The van der Waals surface area contributed by atoms with E-state index in [1.54, 1.807) is 17.8 Å². The van der Waals surface area contributed by atoms with Gasteiger partial charge in [0.05, 0.1) is 0 Å². The normalized spacial score (nSPS) is 11.5. The van der Waals surface area contributed by atoms with Crippen LogP contribution in [0.25, 0.3) is 0 Å². The van der Waals surface area contributed by atoms with Crippen molar-refractivity contribution in [2.45, 2.75) is 43.9 Å². The van der Waals surface area contributed by atoms with Crippen LogP contribution in [0.15, 0.2) is 46.2 Å². The van der Waals surface area contributed by atoms with Gasteiger partial charge < -0.3 is 0 Å². The van der Waals surface area contributed by atoms with Crippen molar-refractivity contribution in [3.8, 4) is 0 Å². The fourth-order valence-corrected chi connectivity index (χ4v) is 2.58. The number of hydrogen-bond acceptors (Lipinski definition) is 2. The molecule has 0 radical (unpaired) electrons. The van der Waals surface area contributed by atoms with Crippen LogP contribution in [-0.4, -0.2) is 6.29 Å². The van der Waals surface area contributed by atoms with Crippen molar-refractivity contribution < 1.29 is 4.79 Å². The third-order valence-corrected chi connectivity index (χ3v) is 3.63. The van der Waals surface area contributed by atoms with Gasteiger partial charge in [-0.3, -0.25) is 4.79 Å². The molecule has 0 saturated carbocycles. The van der Waals surface area contributed by atoms with Gasteiger partial charge in [-0.1, -0.05) is 56.1 Å². The van der Waals surface area contributed by atoms with Crippen LogP contribution in [0.1, 0.15) is 39.0 Å². The van der Waals surface area contributed by atoms with Gasteiger partial charge in [0.25, 0.3) is 0 Å². The van der Waals surface area contributed by atoms with E-state index in [4.69, 9.17) is 0 Å². The van der Waals surface area contributed by atoms with E-state index >= 15 is 0 Å². The smallest absolute Gasteiger partial charge is 0.143 e. The summed E-state index contributed by atoms with van der Waals surface area (Å²) in [4.78, 5) is 13.0. The Morgan fingerprint density at radius 2 is 1.94 bits per heavy atom. The molecule has 0 N–H and O–H groups in total. The summed E-state index contributed by atoms with van der Waals surface area (Å²) in [6, 6.07) is 10.2. The molecule has 0 unspecified atom stereocenters. The van der Waals surface area contributed by atoms with Crippen molar-refractivity contribution in [3.63, 3.8) is 0 Å². The first kappa shape index (κ1) is 14.0. The molecular formula is C15H20OS. The first-order valence-electron chi connectivity index (χ1n) is 6.24. The average Bonchev–Trinajstić information content (AvgIpc) is 2.36. The van der Waals surface area contributed by atoms with Crippen LogP contribution in [0.5, 0.6) is 0 Å². The number of allylic oxidation sites excluding steroid dienone is 2. The van der Waals surface area contributed by atoms with E-state index in [9.17, 15) is 4.79 Å². The number of carbonyl (C=O) groups excluding carboxylic acids is 1. The fourth-order valence-electron chi connectivity index (χ4n) is 1.61. The monoisotopic (exact) mass is 248 g/mol. The molecule has 1 aromatic carbocycles. The molecule has 1 aromatic rings. The quantitative estimate of drug-likeness (QED) is 0.283. The van der Waals surface area contributed by atoms with Gasteiger partial charge in [0.2, 0.25) is 0 Å². The number of aldehydes is 1. The van der Waals surface area contributed by atoms with Crippen molar-refractivity contribution in [2.75, 3.05) is 0 Å². The summed E-state index contributed by atoms with van der Waals surface area (Å²) in [5.74, 6) is 0. The van der Waals surface area contributed by atoms with E-state index in [0.717, 1.165) is 12.7 Å². The minimum absolute atomic E-state index is 0.894. The Morgan fingerprint density at radius 1 is 1.18 bits per heavy atom. The molecule has 0 aromatic heterocycles. The molecular weight excluding hydrogens is 228 g/mol. The van der Waals surface area contributed by atoms with Crippen LogP contribution < -0.4 is 0 Å². The maximum Gasteiger partial charge on any atom is 0.143 e. The average molecular weight is 248 g/mol. The van der Waals surface area contributed by atoms with Crippen LogP contribution >= 0.6 is 11.8 Å². The molecule has 0 atom stereocenters. The molecule has 92 valence electrons. The van der Waals surface area contributed by atoms with Crippen molar-refractivity contribution in [2.24, 2.45) is 0 Å². The van der Waals surface area contributed by atoms with Gasteiger partial charge >= 0.3 is 0 Å². The molecule has 0 amide bonds. The van der Waals surface area contributed by atoms with Crippen molar-refractivity contribution in [1.82, 2.24) is 0 Å². The Balaban J connectivity index is 2.44. The summed E-state index contributed by atoms with van der Waals surface area (Å²) in [6.07, 6.45) is 8.56. The van der Waals surface area contributed by atoms with E-state index in [-0.39, 0.29) is 0 Å². The third-order valence-electron chi connectivity index (χ3n) is 2.52. The summed E-state index contributed by atoms with van der Waals surface area (Å²) in [5, 5.41) is 0. The van der Waals surface area contributed by atoms with Gasteiger partial charge in [-0.2, -0.15) is 0 Å². The van der Waals surface area contributed by atoms with Crippen molar-refractivity contribution >= 4 is 18.0 Å². The molecule has 2 heteroatoms. The highest BCUT2D eigenvalue weighted by Gasteiger charge is 2.00. The molecule has 0 heterocycles. The summed E-state index contributed by atoms with van der Waals surface area (Å²) in [6.45, 7) is 2.21. The molecule has 0 aliphatic carbocycles. The number of carbonyl (C=O) groups is 1. The largest absolute Gasteiger partial charge is 0.299 e. The molecule has 0 saturated heterocycles. The van der Waals surface area contributed by atoms with Crippen LogP contribution in [0.3, 0.4) is 0 Å². The highest BCUT2D eigenvalue weighted by Crippen LogP contribution is 2.29. The van der Waals surface area contributed by atoms with Crippen molar-refractivity contribution in [1.29, 1.82) is 0 Å². The number of hydrogen-bond donors (Lipinski definition) is 0. The van der Waals surface area contributed by atoms with Gasteiger partial charge in [0, 0.05) is 4.90 Å². The van der Waals surface area contributed by atoms with Gasteiger partial charge in [-0.25, -0.2) is 0 Å². The minimum atomic E-state index is 0.894. The number of rotatable bonds is 8. The SMILES string of the molecule is CCCCCC/C(=C/C=O)Sc1ccccc1. The van der Waals surface area contributed by atoms with Gasteiger partial charge in [-0.15, -0.1) is 0 Å². The zero-order valence-corrected chi connectivity index (χ0v) is 11.2. The topological polar surface area (TPSA) is 17.1 Å². The second-order valence-electron chi connectivity index (χ2n) is 3.99. The minimum Gasteiger partial charge on any atom is -0.299 e. The Hall–Kier alpha value is -1.02. The Kier molecular flexibility index (Phi) is 7.48. The third kappa shape index (κ3) is 6.32. The molecule has 0 spiro atoms. The van der Waals surface area contributed by atoms with E-state index in [2.05, 4.69) is 19.1 Å². The zero-order chi connectivity index (χ0) is 12.3. The van der Waals surface area contributed by atoms with Crippen LogP contribution in [0.4, 0.5) is 0 Å². The maximum absolute atomic E-state index is 10.6. The Labute approximate surface area is 108 Å². The standard InChI is InChI=1S/C15H20OS/c1-2-3-4-6-11-15(12-13-16)17-14-9-7-5-8-10-14/h5,7-10,12-13H,2-4,6,11H2,1H3/b15-12-. The predicted octanol–water partition coefficient (Wildman–Crippen LogP) is 4.83. The first-order valence-corrected chi connectivity index (χ1v) is 7.05. The van der Waals surface area contributed by atoms with Gasteiger partial charge in [0.1, 0.15) is 6.29 Å². The second-order valence-corrected chi connectivity index (χ2v) is 5.19. The van der Waals surface area contributed by atoms with Crippen LogP contribution in [0.2, 0.25) is 0 Å². The lowest BCUT2D eigenvalue weighted by Gasteiger charge is -2.06. The summed E-state index contributed by atoms with van der Waals surface area (Å²) in [7, 11) is 0. The van der Waals surface area contributed by atoms with Crippen molar-refractivity contribution in [3.05, 3.63) is 41.3 Å². The summed E-state index contributed by atoms with van der Waals surface area (Å²) >= 11 is 1.70. The summed E-state index contributed by atoms with van der Waals surface area (Å²) < 4.78 is 0. The number of unbranched alkanes of at least 4 members (excludes halogenated alkanes) is 3. The molecule has 1 rings (SSSR count). The molecule has 0 aliphatic heterocycles. The van der Waals surface area contributed by atoms with Crippen LogP contribution in [-0.2, 0) is 4.79 Å². The Bertz CT molecular complexity index is 343. The second kappa shape index (κ2) is 9.06. The van der Waals surface area contributed by atoms with Gasteiger partial charge in [-0.05, 0) is 36.0 Å². The highest BCUT2D eigenvalue weighted by atomic mass is 32.2. The molecule has 0 aliphatic rings. The van der Waals surface area contributed by atoms with Crippen LogP contribution in [0, 0.1) is 0 Å². The lowest BCUT2D eigenvalue weighted by Crippen LogP contribution is -1.82. The highest BCUT2D eigenvalue weighted by molar-refractivity contribution is 8.03. The molecule has 17 heavy (non-hydrogen) atoms. The number of benzene rings is 1. The lowest BCUT2D eigenvalue weighted by molar-refractivity contribution is -0.104. The summed E-state index contributed by atoms with van der Waals surface area (Å²) in [5.41, 5.74) is 0. The Morgan fingerprint density at radius 3 is 2.59 bits per heavy atom. The molecule has 0 fully saturated rings. The molecule has 0 bridgehead atoms. The zero-order valence-electron chi connectivity index (χ0n) is 10.4.